The second-order valence-electron chi connectivity index (χ2n) is 16.2. The minimum absolute atomic E-state index is 0.158. The summed E-state index contributed by atoms with van der Waals surface area (Å²) in [6, 6.07) is 79.9. The lowest BCUT2D eigenvalue weighted by molar-refractivity contribution is 0.661. The van der Waals surface area contributed by atoms with E-state index in [0.717, 1.165) is 34.1 Å². The standard InChI is InChI=1S/C57H42N2/c1-57(2)54-35-42-19-13-12-18-41(42)34-52(54)51-33-31-48(38-55(51)57)58(44-21-8-4-9-22-44)47-30-32-50-49-25-15-14-20-43(49)36-56(53(50)37-47)59(45-23-10-5-11-24-45)46-28-26-40(27-29-46)39-16-6-3-7-17-39/h3-38H,1-2H3. The monoisotopic (exact) mass is 754 g/mol. The van der Waals surface area contributed by atoms with E-state index in [2.05, 4.69) is 242 Å². The maximum atomic E-state index is 2.43. The highest BCUT2D eigenvalue weighted by Gasteiger charge is 2.36. The molecule has 0 bridgehead atoms. The molecule has 1 aliphatic carbocycles. The van der Waals surface area contributed by atoms with Crippen LogP contribution in [0.2, 0.25) is 0 Å². The van der Waals surface area contributed by atoms with Crippen molar-refractivity contribution in [1.29, 1.82) is 0 Å². The Balaban J connectivity index is 1.11. The first-order chi connectivity index (χ1) is 29.0. The third kappa shape index (κ3) is 5.87. The van der Waals surface area contributed by atoms with Crippen LogP contribution in [0.3, 0.4) is 0 Å². The maximum Gasteiger partial charge on any atom is 0.0547 e. The van der Waals surface area contributed by atoms with Gasteiger partial charge in [-0.3, -0.25) is 0 Å². The zero-order chi connectivity index (χ0) is 39.5. The third-order valence-electron chi connectivity index (χ3n) is 12.4. The Hall–Kier alpha value is -7.42. The Morgan fingerprint density at radius 2 is 0.814 bits per heavy atom. The van der Waals surface area contributed by atoms with Gasteiger partial charge in [-0.25, -0.2) is 0 Å². The van der Waals surface area contributed by atoms with Crippen LogP contribution in [0.5, 0.6) is 0 Å². The normalized spacial score (nSPS) is 12.7. The molecule has 11 rings (SSSR count). The van der Waals surface area contributed by atoms with Gasteiger partial charge in [0.1, 0.15) is 0 Å². The second kappa shape index (κ2) is 13.9. The summed E-state index contributed by atoms with van der Waals surface area (Å²) in [5.41, 5.74) is 14.3. The minimum atomic E-state index is -0.158. The van der Waals surface area contributed by atoms with Gasteiger partial charge in [0.25, 0.3) is 0 Å². The molecule has 0 fully saturated rings. The van der Waals surface area contributed by atoms with Crippen molar-refractivity contribution in [2.45, 2.75) is 19.3 Å². The maximum absolute atomic E-state index is 2.43. The van der Waals surface area contributed by atoms with Crippen molar-refractivity contribution in [3.05, 3.63) is 230 Å². The fourth-order valence-corrected chi connectivity index (χ4v) is 9.41. The van der Waals surface area contributed by atoms with Crippen molar-refractivity contribution in [2.24, 2.45) is 0 Å². The molecule has 0 aliphatic heterocycles. The predicted molar refractivity (Wildman–Crippen MR) is 251 cm³/mol. The van der Waals surface area contributed by atoms with Crippen LogP contribution < -0.4 is 9.80 Å². The van der Waals surface area contributed by atoms with Crippen LogP contribution >= 0.6 is 0 Å². The molecule has 280 valence electrons. The lowest BCUT2D eigenvalue weighted by Crippen LogP contribution is -2.16. The fraction of sp³-hybridized carbons (Fsp3) is 0.0526. The van der Waals surface area contributed by atoms with Gasteiger partial charge in [-0.05, 0) is 139 Å². The number of hydrogen-bond donors (Lipinski definition) is 0. The molecule has 10 aromatic rings. The Kier molecular flexibility index (Phi) is 8.20. The smallest absolute Gasteiger partial charge is 0.0547 e. The molecule has 59 heavy (non-hydrogen) atoms. The van der Waals surface area contributed by atoms with Crippen LogP contribution in [-0.2, 0) is 5.41 Å². The van der Waals surface area contributed by atoms with Gasteiger partial charge in [-0.1, -0.05) is 153 Å². The first-order valence-corrected chi connectivity index (χ1v) is 20.5. The van der Waals surface area contributed by atoms with Crippen LogP contribution in [0, 0.1) is 0 Å². The largest absolute Gasteiger partial charge is 0.310 e. The molecule has 0 N–H and O–H groups in total. The van der Waals surface area contributed by atoms with E-state index in [9.17, 15) is 0 Å². The van der Waals surface area contributed by atoms with Crippen molar-refractivity contribution in [3.63, 3.8) is 0 Å². The molecule has 0 saturated carbocycles. The van der Waals surface area contributed by atoms with E-state index in [1.165, 1.54) is 65.7 Å². The highest BCUT2D eigenvalue weighted by molar-refractivity contribution is 6.15. The van der Waals surface area contributed by atoms with E-state index in [-0.39, 0.29) is 5.41 Å². The van der Waals surface area contributed by atoms with Crippen molar-refractivity contribution in [1.82, 2.24) is 0 Å². The average molecular weight is 755 g/mol. The molecule has 1 aliphatic rings. The lowest BCUT2D eigenvalue weighted by Gasteiger charge is -2.30. The number of benzene rings is 10. The summed E-state index contributed by atoms with van der Waals surface area (Å²) in [6.45, 7) is 4.75. The molecule has 0 atom stereocenters. The zero-order valence-electron chi connectivity index (χ0n) is 33.2. The average Bonchev–Trinajstić information content (AvgIpc) is 3.51. The van der Waals surface area contributed by atoms with Gasteiger partial charge in [0.15, 0.2) is 0 Å². The molecule has 0 unspecified atom stereocenters. The summed E-state index contributed by atoms with van der Waals surface area (Å²) in [7, 11) is 0. The van der Waals surface area contributed by atoms with Crippen LogP contribution in [0.4, 0.5) is 34.1 Å². The molecule has 0 heterocycles. The quantitative estimate of drug-likeness (QED) is 0.150. The second-order valence-corrected chi connectivity index (χ2v) is 16.2. The van der Waals surface area contributed by atoms with Gasteiger partial charge < -0.3 is 9.80 Å². The zero-order valence-corrected chi connectivity index (χ0v) is 33.2. The van der Waals surface area contributed by atoms with E-state index in [1.54, 1.807) is 0 Å². The number of hydrogen-bond acceptors (Lipinski definition) is 2. The van der Waals surface area contributed by atoms with Crippen molar-refractivity contribution in [2.75, 3.05) is 9.80 Å². The molecule has 2 heteroatoms. The number of anilines is 6. The molecule has 0 amide bonds. The highest BCUT2D eigenvalue weighted by atomic mass is 15.2. The van der Waals surface area contributed by atoms with E-state index in [1.807, 2.05) is 0 Å². The van der Waals surface area contributed by atoms with Crippen molar-refractivity contribution in [3.8, 4) is 22.3 Å². The number of fused-ring (bicyclic) bond motifs is 7. The van der Waals surface area contributed by atoms with Crippen LogP contribution in [0.15, 0.2) is 218 Å². The minimum Gasteiger partial charge on any atom is -0.310 e. The van der Waals surface area contributed by atoms with Crippen LogP contribution in [0.25, 0.3) is 54.6 Å². The van der Waals surface area contributed by atoms with Gasteiger partial charge in [0.05, 0.1) is 5.69 Å². The molecule has 2 nitrogen and oxygen atoms in total. The van der Waals surface area contributed by atoms with Gasteiger partial charge in [-0.2, -0.15) is 0 Å². The molecule has 0 aromatic heterocycles. The summed E-state index contributed by atoms with van der Waals surface area (Å²) in [5, 5.41) is 7.40. The van der Waals surface area contributed by atoms with Crippen LogP contribution in [-0.4, -0.2) is 0 Å². The van der Waals surface area contributed by atoms with Gasteiger partial charge >= 0.3 is 0 Å². The Morgan fingerprint density at radius 1 is 0.305 bits per heavy atom. The van der Waals surface area contributed by atoms with Gasteiger partial charge in [-0.15, -0.1) is 0 Å². The number of para-hydroxylation sites is 2. The molecule has 10 aromatic carbocycles. The Labute approximate surface area is 345 Å². The molecular weight excluding hydrogens is 713 g/mol. The summed E-state index contributed by atoms with van der Waals surface area (Å²) in [5.74, 6) is 0. The summed E-state index contributed by atoms with van der Waals surface area (Å²) >= 11 is 0. The fourth-order valence-electron chi connectivity index (χ4n) is 9.41. The van der Waals surface area contributed by atoms with E-state index in [0.29, 0.717) is 0 Å². The number of nitrogens with zero attached hydrogens (tertiary/aromatic N) is 2. The van der Waals surface area contributed by atoms with E-state index < -0.39 is 0 Å². The summed E-state index contributed by atoms with van der Waals surface area (Å²) in [4.78, 5) is 4.84. The van der Waals surface area contributed by atoms with E-state index >= 15 is 0 Å². The first kappa shape index (κ1) is 34.8. The van der Waals surface area contributed by atoms with Gasteiger partial charge in [0, 0.05) is 39.2 Å². The molecular formula is C57H42N2. The van der Waals surface area contributed by atoms with E-state index in [4.69, 9.17) is 0 Å². The third-order valence-corrected chi connectivity index (χ3v) is 12.4. The lowest BCUT2D eigenvalue weighted by atomic mass is 9.81. The predicted octanol–water partition coefficient (Wildman–Crippen LogP) is 16.1. The summed E-state index contributed by atoms with van der Waals surface area (Å²) in [6.07, 6.45) is 0. The van der Waals surface area contributed by atoms with Gasteiger partial charge in [0.2, 0.25) is 0 Å². The summed E-state index contributed by atoms with van der Waals surface area (Å²) < 4.78 is 0. The number of rotatable bonds is 7. The van der Waals surface area contributed by atoms with Crippen molar-refractivity contribution >= 4 is 66.4 Å². The van der Waals surface area contributed by atoms with Crippen LogP contribution in [0.1, 0.15) is 25.0 Å². The SMILES string of the molecule is CC1(C)c2cc(N(c3ccccc3)c3ccc4c(c3)c(N(c3ccccc3)c3ccc(-c5ccccc5)cc3)cc3ccccc34)ccc2-c2cc3ccccc3cc21. The Morgan fingerprint density at radius 3 is 1.53 bits per heavy atom. The highest BCUT2D eigenvalue weighted by Crippen LogP contribution is 2.52. The molecule has 0 spiro atoms. The Bertz CT molecular complexity index is 3170. The van der Waals surface area contributed by atoms with Crippen molar-refractivity contribution < 1.29 is 0 Å². The molecule has 0 saturated heterocycles. The molecule has 0 radical (unpaired) electrons. The topological polar surface area (TPSA) is 6.48 Å². The first-order valence-electron chi connectivity index (χ1n) is 20.5.